The summed E-state index contributed by atoms with van der Waals surface area (Å²) in [6.45, 7) is 3.88. The Morgan fingerprint density at radius 2 is 1.92 bits per heavy atom. The molecule has 0 spiro atoms. The van der Waals surface area contributed by atoms with E-state index < -0.39 is 22.4 Å². The number of hydrogen-bond acceptors (Lipinski definition) is 4. The third-order valence-electron chi connectivity index (χ3n) is 4.94. The van der Waals surface area contributed by atoms with Crippen LogP contribution in [0.5, 0.6) is 0 Å². The second kappa shape index (κ2) is 6.96. The van der Waals surface area contributed by atoms with Crippen LogP contribution in [0.2, 0.25) is 0 Å². The first-order valence-corrected chi connectivity index (χ1v) is 7.88. The van der Waals surface area contributed by atoms with Crippen molar-refractivity contribution in [2.75, 3.05) is 32.1 Å². The van der Waals surface area contributed by atoms with Crippen LogP contribution in [0.15, 0.2) is 18.2 Å². The van der Waals surface area contributed by atoms with Gasteiger partial charge in [-0.2, -0.15) is 13.2 Å². The van der Waals surface area contributed by atoms with Crippen LogP contribution in [0.3, 0.4) is 0 Å². The van der Waals surface area contributed by atoms with Crippen molar-refractivity contribution in [1.29, 1.82) is 0 Å². The van der Waals surface area contributed by atoms with Crippen LogP contribution in [-0.4, -0.2) is 43.0 Å². The molecule has 0 aromatic heterocycles. The van der Waals surface area contributed by atoms with Gasteiger partial charge in [-0.25, -0.2) is 0 Å². The van der Waals surface area contributed by atoms with E-state index in [-0.39, 0.29) is 11.7 Å². The summed E-state index contributed by atoms with van der Waals surface area (Å²) in [5.41, 5.74) is -1.29. The number of piperidine rings is 1. The molecule has 24 heavy (non-hydrogen) atoms. The minimum absolute atomic E-state index is 0.00846. The van der Waals surface area contributed by atoms with E-state index in [0.717, 1.165) is 32.0 Å². The van der Waals surface area contributed by atoms with Gasteiger partial charge in [0.1, 0.15) is 5.69 Å². The fourth-order valence-corrected chi connectivity index (χ4v) is 3.19. The Morgan fingerprint density at radius 3 is 2.42 bits per heavy atom. The van der Waals surface area contributed by atoms with Gasteiger partial charge in [0.2, 0.25) is 0 Å². The Kier molecular flexibility index (Phi) is 5.37. The number of nitro benzene ring substituents is 1. The third-order valence-corrected chi connectivity index (χ3v) is 4.94. The molecule has 1 atom stereocenters. The zero-order valence-electron chi connectivity index (χ0n) is 14.0. The van der Waals surface area contributed by atoms with Gasteiger partial charge in [-0.15, -0.1) is 0 Å². The molecule has 0 amide bonds. The van der Waals surface area contributed by atoms with E-state index in [0.29, 0.717) is 12.0 Å². The SMILES string of the molecule is C[C@H](C1CCN(C)CC1)N(C)c1ccc(C(F)(F)F)cc1[N+](=O)[O-]. The molecular weight excluding hydrogens is 323 g/mol. The van der Waals surface area contributed by atoms with Crippen molar-refractivity contribution in [2.24, 2.45) is 5.92 Å². The summed E-state index contributed by atoms with van der Waals surface area (Å²) in [7, 11) is 3.75. The Bertz CT molecular complexity index is 599. The number of nitro groups is 1. The normalized spacial score (nSPS) is 18.4. The number of halogens is 3. The molecule has 1 heterocycles. The molecule has 1 aromatic rings. The molecule has 8 heteroatoms. The van der Waals surface area contributed by atoms with Crippen molar-refractivity contribution >= 4 is 11.4 Å². The molecule has 134 valence electrons. The van der Waals surface area contributed by atoms with Crippen molar-refractivity contribution in [3.05, 3.63) is 33.9 Å². The van der Waals surface area contributed by atoms with Crippen molar-refractivity contribution in [1.82, 2.24) is 4.90 Å². The molecule has 0 radical (unpaired) electrons. The predicted octanol–water partition coefficient (Wildman–Crippen LogP) is 3.78. The largest absolute Gasteiger partial charge is 0.416 e. The van der Waals surface area contributed by atoms with Crippen LogP contribution in [0.4, 0.5) is 24.5 Å². The van der Waals surface area contributed by atoms with Gasteiger partial charge in [-0.05, 0) is 58.0 Å². The number of nitrogens with zero attached hydrogens (tertiary/aromatic N) is 3. The lowest BCUT2D eigenvalue weighted by Crippen LogP contribution is -2.42. The van der Waals surface area contributed by atoms with Gasteiger partial charge in [-0.3, -0.25) is 10.1 Å². The summed E-state index contributed by atoms with van der Waals surface area (Å²) in [4.78, 5) is 14.5. The quantitative estimate of drug-likeness (QED) is 0.615. The number of anilines is 1. The highest BCUT2D eigenvalue weighted by Crippen LogP contribution is 2.37. The summed E-state index contributed by atoms with van der Waals surface area (Å²) in [5.74, 6) is 0.355. The molecule has 0 aliphatic carbocycles. The highest BCUT2D eigenvalue weighted by molar-refractivity contribution is 5.64. The Morgan fingerprint density at radius 1 is 1.33 bits per heavy atom. The average molecular weight is 345 g/mol. The van der Waals surface area contributed by atoms with Crippen LogP contribution in [-0.2, 0) is 6.18 Å². The molecule has 0 saturated carbocycles. The van der Waals surface area contributed by atoms with Gasteiger partial charge < -0.3 is 9.80 Å². The fourth-order valence-electron chi connectivity index (χ4n) is 3.19. The Hall–Kier alpha value is -1.83. The van der Waals surface area contributed by atoms with Crippen LogP contribution in [0, 0.1) is 16.0 Å². The van der Waals surface area contributed by atoms with E-state index in [2.05, 4.69) is 4.90 Å². The Labute approximate surface area is 139 Å². The summed E-state index contributed by atoms with van der Waals surface area (Å²) in [6, 6.07) is 2.73. The predicted molar refractivity (Wildman–Crippen MR) is 86.2 cm³/mol. The molecular formula is C16H22F3N3O2. The van der Waals surface area contributed by atoms with E-state index in [1.165, 1.54) is 6.07 Å². The number of alkyl halides is 3. The second-order valence-corrected chi connectivity index (χ2v) is 6.45. The van der Waals surface area contributed by atoms with Gasteiger partial charge in [0.25, 0.3) is 5.69 Å². The Balaban J connectivity index is 2.28. The molecule has 1 fully saturated rings. The maximum Gasteiger partial charge on any atom is 0.416 e. The highest BCUT2D eigenvalue weighted by Gasteiger charge is 2.34. The zero-order valence-corrected chi connectivity index (χ0v) is 14.0. The van der Waals surface area contributed by atoms with Gasteiger partial charge in [-0.1, -0.05) is 0 Å². The third kappa shape index (κ3) is 3.98. The van der Waals surface area contributed by atoms with E-state index in [1.54, 1.807) is 11.9 Å². The zero-order chi connectivity index (χ0) is 18.1. The van der Waals surface area contributed by atoms with Gasteiger partial charge in [0, 0.05) is 19.2 Å². The van der Waals surface area contributed by atoms with Crippen LogP contribution < -0.4 is 4.90 Å². The van der Waals surface area contributed by atoms with Crippen LogP contribution in [0.25, 0.3) is 0 Å². The van der Waals surface area contributed by atoms with E-state index >= 15 is 0 Å². The molecule has 1 aliphatic rings. The maximum absolute atomic E-state index is 12.8. The summed E-state index contributed by atoms with van der Waals surface area (Å²) in [6.07, 6.45) is -2.66. The lowest BCUT2D eigenvalue weighted by Gasteiger charge is -2.37. The number of likely N-dealkylation sites (tertiary alicyclic amines) is 1. The van der Waals surface area contributed by atoms with Gasteiger partial charge in [0.05, 0.1) is 10.5 Å². The topological polar surface area (TPSA) is 49.6 Å². The van der Waals surface area contributed by atoms with Crippen molar-refractivity contribution in [3.63, 3.8) is 0 Å². The van der Waals surface area contributed by atoms with Crippen molar-refractivity contribution in [3.8, 4) is 0 Å². The number of benzene rings is 1. The lowest BCUT2D eigenvalue weighted by molar-refractivity contribution is -0.384. The minimum Gasteiger partial charge on any atom is -0.366 e. The molecule has 0 unspecified atom stereocenters. The number of rotatable bonds is 4. The minimum atomic E-state index is -4.60. The van der Waals surface area contributed by atoms with E-state index in [1.807, 2.05) is 14.0 Å². The van der Waals surface area contributed by atoms with E-state index in [4.69, 9.17) is 0 Å². The smallest absolute Gasteiger partial charge is 0.366 e. The van der Waals surface area contributed by atoms with Crippen molar-refractivity contribution in [2.45, 2.75) is 32.0 Å². The molecule has 0 bridgehead atoms. The first-order valence-electron chi connectivity index (χ1n) is 7.88. The molecule has 1 aromatic carbocycles. The van der Waals surface area contributed by atoms with Crippen molar-refractivity contribution < 1.29 is 18.1 Å². The lowest BCUT2D eigenvalue weighted by atomic mass is 9.89. The molecule has 1 aliphatic heterocycles. The standard InChI is InChI=1S/C16H22F3N3O2/c1-11(12-6-8-20(2)9-7-12)21(3)14-5-4-13(16(17,18)19)10-15(14)22(23)24/h4-5,10-12H,6-9H2,1-3H3/t11-/m1/s1. The molecule has 0 N–H and O–H groups in total. The van der Waals surface area contributed by atoms with Crippen LogP contribution >= 0.6 is 0 Å². The fraction of sp³-hybridized carbons (Fsp3) is 0.625. The first kappa shape index (κ1) is 18.5. The monoisotopic (exact) mass is 345 g/mol. The molecule has 5 nitrogen and oxygen atoms in total. The molecule has 1 saturated heterocycles. The maximum atomic E-state index is 12.8. The average Bonchev–Trinajstić information content (AvgIpc) is 2.52. The summed E-state index contributed by atoms with van der Waals surface area (Å²) < 4.78 is 38.4. The molecule has 2 rings (SSSR count). The highest BCUT2D eigenvalue weighted by atomic mass is 19.4. The van der Waals surface area contributed by atoms with Crippen LogP contribution in [0.1, 0.15) is 25.3 Å². The van der Waals surface area contributed by atoms with E-state index in [9.17, 15) is 23.3 Å². The second-order valence-electron chi connectivity index (χ2n) is 6.45. The summed E-state index contributed by atoms with van der Waals surface area (Å²) >= 11 is 0. The first-order chi connectivity index (χ1) is 11.1. The number of hydrogen-bond donors (Lipinski definition) is 0. The summed E-state index contributed by atoms with van der Waals surface area (Å²) in [5, 5.41) is 11.3. The van der Waals surface area contributed by atoms with Gasteiger partial charge >= 0.3 is 6.18 Å². The van der Waals surface area contributed by atoms with Gasteiger partial charge in [0.15, 0.2) is 0 Å².